The Hall–Kier alpha value is -1.46. The van der Waals surface area contributed by atoms with E-state index in [1.807, 2.05) is 25.1 Å². The van der Waals surface area contributed by atoms with Crippen LogP contribution in [0.15, 0.2) is 18.2 Å². The van der Waals surface area contributed by atoms with Gasteiger partial charge in [-0.2, -0.15) is 0 Å². The first-order valence-corrected chi connectivity index (χ1v) is 9.50. The van der Waals surface area contributed by atoms with E-state index in [1.54, 1.807) is 7.11 Å². The molecule has 1 aromatic carbocycles. The lowest BCUT2D eigenvalue weighted by Crippen LogP contribution is -2.36. The summed E-state index contributed by atoms with van der Waals surface area (Å²) in [7, 11) is 1.66. The first-order valence-electron chi connectivity index (χ1n) is 9.50. The Morgan fingerprint density at radius 2 is 1.92 bits per heavy atom. The van der Waals surface area contributed by atoms with Crippen LogP contribution >= 0.6 is 12.4 Å². The van der Waals surface area contributed by atoms with Crippen molar-refractivity contribution in [3.8, 4) is 11.5 Å². The van der Waals surface area contributed by atoms with Crippen LogP contribution in [0, 0.1) is 5.92 Å². The van der Waals surface area contributed by atoms with Crippen molar-refractivity contribution in [1.82, 2.24) is 10.6 Å². The van der Waals surface area contributed by atoms with Gasteiger partial charge in [0.1, 0.15) is 0 Å². The third-order valence-corrected chi connectivity index (χ3v) is 5.08. The molecule has 5 nitrogen and oxygen atoms in total. The summed E-state index contributed by atoms with van der Waals surface area (Å²) in [5, 5.41) is 6.26. The van der Waals surface area contributed by atoms with E-state index in [0.29, 0.717) is 12.6 Å². The summed E-state index contributed by atoms with van der Waals surface area (Å²) in [6.45, 7) is 3.31. The molecule has 1 aromatic rings. The number of hydrogen-bond donors (Lipinski definition) is 2. The molecule has 2 N–H and O–H groups in total. The van der Waals surface area contributed by atoms with Crippen molar-refractivity contribution in [1.29, 1.82) is 0 Å². The third-order valence-electron chi connectivity index (χ3n) is 5.08. The van der Waals surface area contributed by atoms with E-state index in [4.69, 9.17) is 9.47 Å². The van der Waals surface area contributed by atoms with Crippen molar-refractivity contribution in [2.45, 2.75) is 57.6 Å². The highest BCUT2D eigenvalue weighted by Gasteiger charge is 2.21. The Kier molecular flexibility index (Phi) is 8.04. The lowest BCUT2D eigenvalue weighted by molar-refractivity contribution is -0.120. The van der Waals surface area contributed by atoms with Gasteiger partial charge in [-0.1, -0.05) is 6.07 Å². The van der Waals surface area contributed by atoms with Crippen molar-refractivity contribution in [2.75, 3.05) is 20.2 Å². The van der Waals surface area contributed by atoms with E-state index >= 15 is 0 Å². The number of hydrogen-bond acceptors (Lipinski definition) is 4. The summed E-state index contributed by atoms with van der Waals surface area (Å²) in [6.07, 6.45) is 7.59. The number of halogens is 1. The molecule has 0 heterocycles. The minimum Gasteiger partial charge on any atom is -0.493 e. The SMILES string of the molecule is COc1cc(C(C)NC(=O)CNCC2CC2)ccc1OC1CCCC1.Cl. The van der Waals surface area contributed by atoms with Gasteiger partial charge in [-0.15, -0.1) is 12.4 Å². The zero-order valence-electron chi connectivity index (χ0n) is 15.8. The monoisotopic (exact) mass is 382 g/mol. The van der Waals surface area contributed by atoms with E-state index in [2.05, 4.69) is 10.6 Å². The summed E-state index contributed by atoms with van der Waals surface area (Å²) in [5.41, 5.74) is 1.02. The molecular weight excluding hydrogens is 352 g/mol. The molecule has 1 amide bonds. The molecule has 0 aliphatic heterocycles. The van der Waals surface area contributed by atoms with Crippen molar-refractivity contribution in [3.63, 3.8) is 0 Å². The second-order valence-electron chi connectivity index (χ2n) is 7.30. The molecule has 2 aliphatic rings. The second kappa shape index (κ2) is 10.0. The zero-order chi connectivity index (χ0) is 17.6. The molecule has 6 heteroatoms. The predicted octanol–water partition coefficient (Wildman–Crippen LogP) is 3.62. The Morgan fingerprint density at radius 1 is 1.19 bits per heavy atom. The summed E-state index contributed by atoms with van der Waals surface area (Å²) in [4.78, 5) is 12.1. The van der Waals surface area contributed by atoms with Gasteiger partial charge >= 0.3 is 0 Å². The van der Waals surface area contributed by atoms with Crippen LogP contribution in [0.25, 0.3) is 0 Å². The first kappa shape index (κ1) is 20.8. The number of amides is 1. The summed E-state index contributed by atoms with van der Waals surface area (Å²) in [5.74, 6) is 2.33. The minimum atomic E-state index is -0.0651. The first-order chi connectivity index (χ1) is 12.2. The van der Waals surface area contributed by atoms with Gasteiger partial charge in [-0.25, -0.2) is 0 Å². The van der Waals surface area contributed by atoms with Gasteiger partial charge in [0, 0.05) is 0 Å². The van der Waals surface area contributed by atoms with Gasteiger partial charge in [0.05, 0.1) is 25.8 Å². The van der Waals surface area contributed by atoms with Crippen LogP contribution in [0.4, 0.5) is 0 Å². The van der Waals surface area contributed by atoms with Crippen molar-refractivity contribution >= 4 is 18.3 Å². The number of carbonyl (C=O) groups excluding carboxylic acids is 1. The van der Waals surface area contributed by atoms with Gasteiger partial charge in [-0.05, 0) is 75.6 Å². The molecule has 0 saturated heterocycles. The Morgan fingerprint density at radius 3 is 2.58 bits per heavy atom. The fraction of sp³-hybridized carbons (Fsp3) is 0.650. The minimum absolute atomic E-state index is 0. The highest BCUT2D eigenvalue weighted by atomic mass is 35.5. The molecule has 0 aromatic heterocycles. The Labute approximate surface area is 162 Å². The largest absolute Gasteiger partial charge is 0.493 e. The van der Waals surface area contributed by atoms with Gasteiger partial charge in [0.25, 0.3) is 0 Å². The average Bonchev–Trinajstić information content (AvgIpc) is 3.29. The molecular formula is C20H31ClN2O3. The molecule has 1 atom stereocenters. The number of ether oxygens (including phenoxy) is 2. The van der Waals surface area contributed by atoms with Crippen LogP contribution in [0.3, 0.4) is 0 Å². The van der Waals surface area contributed by atoms with Crippen LogP contribution < -0.4 is 20.1 Å². The summed E-state index contributed by atoms with van der Waals surface area (Å²) < 4.78 is 11.6. The molecule has 0 spiro atoms. The van der Waals surface area contributed by atoms with E-state index < -0.39 is 0 Å². The predicted molar refractivity (Wildman–Crippen MR) is 105 cm³/mol. The average molecular weight is 383 g/mol. The van der Waals surface area contributed by atoms with Crippen molar-refractivity contribution in [3.05, 3.63) is 23.8 Å². The quantitative estimate of drug-likeness (QED) is 0.684. The number of benzene rings is 1. The molecule has 0 radical (unpaired) electrons. The molecule has 146 valence electrons. The van der Waals surface area contributed by atoms with Crippen molar-refractivity contribution in [2.24, 2.45) is 5.92 Å². The van der Waals surface area contributed by atoms with Crippen molar-refractivity contribution < 1.29 is 14.3 Å². The summed E-state index contributed by atoms with van der Waals surface area (Å²) >= 11 is 0. The summed E-state index contributed by atoms with van der Waals surface area (Å²) in [6, 6.07) is 5.87. The molecule has 2 saturated carbocycles. The smallest absolute Gasteiger partial charge is 0.234 e. The Balaban J connectivity index is 0.00000243. The van der Waals surface area contributed by atoms with E-state index in [0.717, 1.165) is 42.4 Å². The highest BCUT2D eigenvalue weighted by molar-refractivity contribution is 5.85. The maximum Gasteiger partial charge on any atom is 0.234 e. The Bertz CT molecular complexity index is 586. The lowest BCUT2D eigenvalue weighted by atomic mass is 10.1. The molecule has 26 heavy (non-hydrogen) atoms. The van der Waals surface area contributed by atoms with Gasteiger partial charge < -0.3 is 20.1 Å². The maximum atomic E-state index is 12.1. The highest BCUT2D eigenvalue weighted by Crippen LogP contribution is 2.33. The van der Waals surface area contributed by atoms with E-state index in [1.165, 1.54) is 25.7 Å². The van der Waals surface area contributed by atoms with E-state index in [9.17, 15) is 4.79 Å². The topological polar surface area (TPSA) is 59.6 Å². The molecule has 3 rings (SSSR count). The van der Waals surface area contributed by atoms with Gasteiger partial charge in [0.15, 0.2) is 11.5 Å². The molecule has 0 bridgehead atoms. The van der Waals surface area contributed by atoms with E-state index in [-0.39, 0.29) is 24.4 Å². The number of rotatable bonds is 9. The van der Waals surface area contributed by atoms with Crippen LogP contribution in [-0.2, 0) is 4.79 Å². The zero-order valence-corrected chi connectivity index (χ0v) is 16.6. The van der Waals surface area contributed by atoms with Crippen LogP contribution in [0.5, 0.6) is 11.5 Å². The molecule has 1 unspecified atom stereocenters. The fourth-order valence-corrected chi connectivity index (χ4v) is 3.32. The fourth-order valence-electron chi connectivity index (χ4n) is 3.32. The van der Waals surface area contributed by atoms with Crippen LogP contribution in [-0.4, -0.2) is 32.2 Å². The second-order valence-corrected chi connectivity index (χ2v) is 7.30. The number of methoxy groups -OCH3 is 1. The standard InChI is InChI=1S/C20H30N2O3.ClH/c1-14(22-20(23)13-21-12-15-7-8-15)16-9-10-18(19(11-16)24-2)25-17-5-3-4-6-17;/h9-11,14-15,17,21H,3-8,12-13H2,1-2H3,(H,22,23);1H. The van der Waals surface area contributed by atoms with Gasteiger partial charge in [0.2, 0.25) is 5.91 Å². The van der Waals surface area contributed by atoms with Crippen LogP contribution in [0.1, 0.15) is 57.1 Å². The molecule has 2 aliphatic carbocycles. The normalized spacial score (nSPS) is 18.1. The third kappa shape index (κ3) is 6.06. The maximum absolute atomic E-state index is 12.1. The number of carbonyl (C=O) groups is 1. The molecule has 2 fully saturated rings. The number of nitrogens with one attached hydrogen (secondary N) is 2. The van der Waals surface area contributed by atoms with Gasteiger partial charge in [-0.3, -0.25) is 4.79 Å². The lowest BCUT2D eigenvalue weighted by Gasteiger charge is -2.19. The van der Waals surface area contributed by atoms with Crippen LogP contribution in [0.2, 0.25) is 0 Å².